The molecule has 12 heteroatoms. The molecular weight excluding hydrogens is 866 g/mol. The molecule has 0 amide bonds. The van der Waals surface area contributed by atoms with Crippen LogP contribution < -0.4 is 17.2 Å². The molecule has 0 aliphatic carbocycles. The second-order valence-electron chi connectivity index (χ2n) is 14.8. The van der Waals surface area contributed by atoms with E-state index in [1.165, 1.54) is 58.0 Å². The molecule has 6 N–H and O–H groups in total. The van der Waals surface area contributed by atoms with Gasteiger partial charge in [0.25, 0.3) is 0 Å². The molecule has 6 aromatic rings. The van der Waals surface area contributed by atoms with Crippen LogP contribution in [0, 0.1) is 0 Å². The number of carbonyl (C=O) groups excluding carboxylic acids is 8. The molecule has 6 aromatic carbocycles. The smallest absolute Gasteiger partial charge is 0.244 e. The Morgan fingerprint density at radius 3 is 1.04 bits per heavy atom. The molecule has 6 rings (SSSR count). The maximum absolute atomic E-state index is 13.0. The molecule has 67 heavy (non-hydrogen) atoms. The van der Waals surface area contributed by atoms with E-state index >= 15 is 0 Å². The van der Waals surface area contributed by atoms with Crippen LogP contribution in [0.1, 0.15) is 107 Å². The summed E-state index contributed by atoms with van der Waals surface area (Å²) in [4.78, 5) is 92.5. The molecule has 0 unspecified atom stereocenters. The van der Waals surface area contributed by atoms with Gasteiger partial charge >= 0.3 is 0 Å². The van der Waals surface area contributed by atoms with Crippen molar-refractivity contribution in [1.82, 2.24) is 0 Å². The second kappa shape index (κ2) is 28.6. The monoisotopic (exact) mass is 919 g/mol. The quantitative estimate of drug-likeness (QED) is 0.0404. The number of hydrogen-bond donors (Lipinski definition) is 3. The number of halogens is 1. The lowest BCUT2D eigenvalue weighted by Gasteiger charge is -2.09. The first-order valence-corrected chi connectivity index (χ1v) is 21.0. The Morgan fingerprint density at radius 2 is 0.716 bits per heavy atom. The fourth-order valence-electron chi connectivity index (χ4n) is 5.70. The molecule has 344 valence electrons. The Bertz CT molecular complexity index is 2630. The zero-order chi connectivity index (χ0) is 50.1. The van der Waals surface area contributed by atoms with Gasteiger partial charge in [-0.05, 0) is 135 Å². The zero-order valence-corrected chi connectivity index (χ0v) is 38.7. The van der Waals surface area contributed by atoms with Crippen molar-refractivity contribution < 1.29 is 38.4 Å². The van der Waals surface area contributed by atoms with Crippen LogP contribution in [-0.4, -0.2) is 45.7 Å². The highest BCUT2D eigenvalue weighted by Crippen LogP contribution is 2.18. The number of anilines is 3. The highest BCUT2D eigenvalue weighted by atomic mass is 35.5. The normalized spacial score (nSPS) is 9.63. The SMILES string of the molecule is C=CC(=O)Cc1cccc(CC(=O)c2cc(C(C)=O)cc(C(=O)Cc3ccccc3)c2)c1.C=CC(=O)Cl.CC(=O)c1cc(C(C)=O)cc(C(C)=O)c1.Nc1cccc(N)c1.Nc1ccccc1. The van der Waals surface area contributed by atoms with Crippen molar-refractivity contribution in [3.8, 4) is 0 Å². The average molecular weight is 921 g/mol. The molecule has 0 saturated carbocycles. The van der Waals surface area contributed by atoms with Gasteiger partial charge in [0.05, 0.1) is 0 Å². The topological polar surface area (TPSA) is 215 Å². The molecule has 0 heterocycles. The van der Waals surface area contributed by atoms with E-state index in [1.54, 1.807) is 36.4 Å². The van der Waals surface area contributed by atoms with Crippen LogP contribution in [0.4, 0.5) is 17.1 Å². The third-order valence-electron chi connectivity index (χ3n) is 9.18. The van der Waals surface area contributed by atoms with E-state index < -0.39 is 5.24 Å². The Kier molecular flexibility index (Phi) is 23.5. The van der Waals surface area contributed by atoms with E-state index in [0.717, 1.165) is 28.5 Å². The second-order valence-corrected chi connectivity index (χ2v) is 15.1. The van der Waals surface area contributed by atoms with Crippen LogP contribution in [0.15, 0.2) is 171 Å². The first-order chi connectivity index (χ1) is 31.7. The molecule has 0 radical (unpaired) electrons. The molecule has 0 atom stereocenters. The molecule has 0 fully saturated rings. The maximum Gasteiger partial charge on any atom is 0.244 e. The van der Waals surface area contributed by atoms with Crippen LogP contribution in [0.2, 0.25) is 0 Å². The summed E-state index contributed by atoms with van der Waals surface area (Å²) in [5.74, 6) is -1.11. The predicted molar refractivity (Wildman–Crippen MR) is 268 cm³/mol. The Morgan fingerprint density at radius 1 is 0.403 bits per heavy atom. The summed E-state index contributed by atoms with van der Waals surface area (Å²) >= 11 is 4.71. The summed E-state index contributed by atoms with van der Waals surface area (Å²) in [7, 11) is 0. The van der Waals surface area contributed by atoms with Gasteiger partial charge in [-0.3, -0.25) is 38.4 Å². The lowest BCUT2D eigenvalue weighted by Crippen LogP contribution is -2.11. The van der Waals surface area contributed by atoms with Gasteiger partial charge in [-0.15, -0.1) is 0 Å². The fourth-order valence-corrected chi connectivity index (χ4v) is 5.70. The molecule has 0 bridgehead atoms. The Labute approximate surface area is 396 Å². The van der Waals surface area contributed by atoms with Gasteiger partial charge in [0.15, 0.2) is 40.5 Å². The number of benzene rings is 6. The van der Waals surface area contributed by atoms with Crippen molar-refractivity contribution in [3.63, 3.8) is 0 Å². The van der Waals surface area contributed by atoms with Crippen molar-refractivity contribution in [2.45, 2.75) is 47.0 Å². The van der Waals surface area contributed by atoms with Crippen LogP contribution in [-0.2, 0) is 28.9 Å². The summed E-state index contributed by atoms with van der Waals surface area (Å²) in [5.41, 5.74) is 23.0. The van der Waals surface area contributed by atoms with E-state index in [1.807, 2.05) is 84.9 Å². The van der Waals surface area contributed by atoms with E-state index in [2.05, 4.69) is 13.2 Å². The fraction of sp³-hybridized carbons (Fsp3) is 0.127. The highest BCUT2D eigenvalue weighted by Gasteiger charge is 2.16. The number of allylic oxidation sites excluding steroid dienone is 2. The van der Waals surface area contributed by atoms with Gasteiger partial charge in [-0.1, -0.05) is 92.0 Å². The van der Waals surface area contributed by atoms with Gasteiger partial charge in [0, 0.05) is 69.7 Å². The lowest BCUT2D eigenvalue weighted by molar-refractivity contribution is -0.114. The number of nitrogens with two attached hydrogens (primary N) is 3. The number of rotatable bonds is 14. The molecule has 0 saturated heterocycles. The summed E-state index contributed by atoms with van der Waals surface area (Å²) in [5, 5.41) is -0.509. The molecule has 0 aromatic heterocycles. The number of ketones is 7. The van der Waals surface area contributed by atoms with E-state index in [4.69, 9.17) is 28.8 Å². The van der Waals surface area contributed by atoms with Gasteiger partial charge in [-0.25, -0.2) is 0 Å². The van der Waals surface area contributed by atoms with Gasteiger partial charge in [0.1, 0.15) is 0 Å². The third-order valence-corrected chi connectivity index (χ3v) is 9.33. The van der Waals surface area contributed by atoms with Gasteiger partial charge in [0.2, 0.25) is 5.24 Å². The number of Topliss-reactive ketones (excluding diaryl/α,β-unsaturated/α-hetero) is 6. The van der Waals surface area contributed by atoms with Crippen LogP contribution in [0.25, 0.3) is 0 Å². The third kappa shape index (κ3) is 21.4. The first-order valence-electron chi connectivity index (χ1n) is 20.6. The van der Waals surface area contributed by atoms with Crippen LogP contribution in [0.5, 0.6) is 0 Å². The zero-order valence-electron chi connectivity index (χ0n) is 37.9. The summed E-state index contributed by atoms with van der Waals surface area (Å²) in [6, 6.07) is 42.4. The van der Waals surface area contributed by atoms with Gasteiger partial charge in [-0.2, -0.15) is 0 Å². The number of nitrogen functional groups attached to an aromatic ring is 3. The van der Waals surface area contributed by atoms with Gasteiger partial charge < -0.3 is 17.2 Å². The largest absolute Gasteiger partial charge is 0.399 e. The first kappa shape index (κ1) is 55.0. The minimum atomic E-state index is -0.509. The number of hydrogen-bond acceptors (Lipinski definition) is 11. The Hall–Kier alpha value is -8.15. The van der Waals surface area contributed by atoms with E-state index in [9.17, 15) is 38.4 Å². The molecule has 0 aliphatic rings. The van der Waals surface area contributed by atoms with Crippen molar-refractivity contribution >= 4 is 74.4 Å². The average Bonchev–Trinajstić information content (AvgIpc) is 3.30. The summed E-state index contributed by atoms with van der Waals surface area (Å²) in [6.45, 7) is 12.2. The van der Waals surface area contributed by atoms with Crippen molar-refractivity contribution in [1.29, 1.82) is 0 Å². The maximum atomic E-state index is 13.0. The molecule has 0 spiro atoms. The highest BCUT2D eigenvalue weighted by molar-refractivity contribution is 6.66. The molecule has 0 aliphatic heterocycles. The molecular formula is C55H54ClN3O8. The minimum Gasteiger partial charge on any atom is -0.399 e. The summed E-state index contributed by atoms with van der Waals surface area (Å²) in [6.07, 6.45) is 2.84. The van der Waals surface area contributed by atoms with E-state index in [0.29, 0.717) is 44.8 Å². The van der Waals surface area contributed by atoms with Crippen molar-refractivity contribution in [3.05, 3.63) is 221 Å². The summed E-state index contributed by atoms with van der Waals surface area (Å²) < 4.78 is 0. The van der Waals surface area contributed by atoms with Crippen molar-refractivity contribution in [2.75, 3.05) is 17.2 Å². The Balaban J connectivity index is 0.000000357. The predicted octanol–water partition coefficient (Wildman–Crippen LogP) is 10.4. The van der Waals surface area contributed by atoms with Crippen LogP contribution in [0.3, 0.4) is 0 Å². The lowest BCUT2D eigenvalue weighted by atomic mass is 9.94. The van der Waals surface area contributed by atoms with Crippen LogP contribution >= 0.6 is 11.6 Å². The number of para-hydroxylation sites is 1. The van der Waals surface area contributed by atoms with Crippen molar-refractivity contribution in [2.24, 2.45) is 0 Å². The minimum absolute atomic E-state index is 0.0933. The molecule has 11 nitrogen and oxygen atoms in total. The number of carbonyl (C=O) groups is 8. The standard InChI is InChI=1S/C28H24O4.C12H12O3.C6H8N2.C6H7N.C3H3ClO/c1-3-26(30)13-21-10-7-11-22(12-21)15-28(32)25-17-23(19(2)29)16-24(18-25)27(31)14-20-8-5-4-6-9-20;1-7(13)10-4-11(8(2)14)6-12(5-10)9(3)15;7-5-2-1-3-6(8)4-5;7-6-4-2-1-3-5-6;1-2-3(4)5/h3-12,16-18H,1,13-15H2,2H3;4-6H,1-3H3;1-4H,7-8H2;1-5H,7H2;2H,1H2. The van der Waals surface area contributed by atoms with E-state index in [-0.39, 0.29) is 59.7 Å².